The van der Waals surface area contributed by atoms with Gasteiger partial charge in [0.25, 0.3) is 0 Å². The third-order valence-corrected chi connectivity index (χ3v) is 4.73. The molecule has 1 fully saturated rings. The number of hydrogen-bond acceptors (Lipinski definition) is 1. The van der Waals surface area contributed by atoms with Gasteiger partial charge in [0.15, 0.2) is 0 Å². The van der Waals surface area contributed by atoms with Crippen molar-refractivity contribution in [1.82, 2.24) is 0 Å². The van der Waals surface area contributed by atoms with Gasteiger partial charge in [0.2, 0.25) is 0 Å². The molecule has 0 aromatic heterocycles. The molecule has 0 N–H and O–H groups in total. The zero-order valence-electron chi connectivity index (χ0n) is 10.8. The maximum Gasteiger partial charge on any atom is 0.00751 e. The summed E-state index contributed by atoms with van der Waals surface area (Å²) in [6, 6.07) is 0. The minimum Gasteiger partial charge on any atom is -0.156 e. The summed E-state index contributed by atoms with van der Waals surface area (Å²) in [6.07, 6.45) is 11.9. The standard InChI is InChI=1S/C14H28S/c1-14(2,3)15-12-13-10-8-6-4-5-7-9-11-13/h13H,4-12H2,1-3H3. The summed E-state index contributed by atoms with van der Waals surface area (Å²) in [6.45, 7) is 7.02. The van der Waals surface area contributed by atoms with Gasteiger partial charge in [0, 0.05) is 4.75 Å². The normalized spacial score (nSPS) is 21.8. The quantitative estimate of drug-likeness (QED) is 0.620. The van der Waals surface area contributed by atoms with Gasteiger partial charge >= 0.3 is 0 Å². The van der Waals surface area contributed by atoms with E-state index in [9.17, 15) is 0 Å². The molecule has 0 aromatic carbocycles. The Morgan fingerprint density at radius 2 is 1.33 bits per heavy atom. The zero-order chi connectivity index (χ0) is 11.1. The second-order valence-electron chi connectivity index (χ2n) is 5.99. The van der Waals surface area contributed by atoms with E-state index in [1.807, 2.05) is 0 Å². The Morgan fingerprint density at radius 1 is 0.867 bits per heavy atom. The van der Waals surface area contributed by atoms with E-state index in [1.54, 1.807) is 0 Å². The third-order valence-electron chi connectivity index (χ3n) is 3.23. The largest absolute Gasteiger partial charge is 0.156 e. The van der Waals surface area contributed by atoms with Crippen LogP contribution in [0.25, 0.3) is 0 Å². The summed E-state index contributed by atoms with van der Waals surface area (Å²) in [5.74, 6) is 2.40. The van der Waals surface area contributed by atoms with E-state index < -0.39 is 0 Å². The van der Waals surface area contributed by atoms with E-state index in [-0.39, 0.29) is 0 Å². The van der Waals surface area contributed by atoms with Gasteiger partial charge < -0.3 is 0 Å². The lowest BCUT2D eigenvalue weighted by Crippen LogP contribution is -2.13. The van der Waals surface area contributed by atoms with Crippen molar-refractivity contribution in [3.8, 4) is 0 Å². The molecule has 1 rings (SSSR count). The van der Waals surface area contributed by atoms with Gasteiger partial charge in [-0.3, -0.25) is 0 Å². The second kappa shape index (κ2) is 6.83. The zero-order valence-corrected chi connectivity index (χ0v) is 11.7. The molecular weight excluding hydrogens is 200 g/mol. The van der Waals surface area contributed by atoms with Crippen molar-refractivity contribution >= 4 is 11.8 Å². The van der Waals surface area contributed by atoms with Gasteiger partial charge in [-0.15, -0.1) is 0 Å². The lowest BCUT2D eigenvalue weighted by atomic mass is 9.99. The molecule has 0 bridgehead atoms. The molecule has 1 aliphatic carbocycles. The van der Waals surface area contributed by atoms with Crippen LogP contribution in [-0.2, 0) is 0 Å². The Hall–Kier alpha value is 0.350. The molecule has 0 unspecified atom stereocenters. The molecule has 1 aliphatic rings. The summed E-state index contributed by atoms with van der Waals surface area (Å²) in [5, 5.41) is 0. The highest BCUT2D eigenvalue weighted by Crippen LogP contribution is 2.30. The molecule has 15 heavy (non-hydrogen) atoms. The van der Waals surface area contributed by atoms with Crippen molar-refractivity contribution in [2.75, 3.05) is 5.75 Å². The molecule has 90 valence electrons. The van der Waals surface area contributed by atoms with Crippen LogP contribution in [0.3, 0.4) is 0 Å². The molecule has 0 heterocycles. The smallest absolute Gasteiger partial charge is 0.00751 e. The molecule has 0 atom stereocenters. The highest BCUT2D eigenvalue weighted by Gasteiger charge is 2.16. The van der Waals surface area contributed by atoms with Crippen molar-refractivity contribution in [2.24, 2.45) is 5.92 Å². The van der Waals surface area contributed by atoms with E-state index in [4.69, 9.17) is 0 Å². The summed E-state index contributed by atoms with van der Waals surface area (Å²) in [7, 11) is 0. The van der Waals surface area contributed by atoms with Gasteiger partial charge in [-0.25, -0.2) is 0 Å². The summed E-state index contributed by atoms with van der Waals surface area (Å²) < 4.78 is 0.457. The molecule has 0 aromatic rings. The van der Waals surface area contributed by atoms with Crippen LogP contribution in [0.5, 0.6) is 0 Å². The van der Waals surface area contributed by atoms with E-state index >= 15 is 0 Å². The fourth-order valence-corrected chi connectivity index (χ4v) is 3.32. The number of hydrogen-bond donors (Lipinski definition) is 0. The van der Waals surface area contributed by atoms with Gasteiger partial charge in [-0.05, 0) is 24.5 Å². The number of rotatable bonds is 2. The average molecular weight is 228 g/mol. The monoisotopic (exact) mass is 228 g/mol. The minimum absolute atomic E-state index is 0.457. The van der Waals surface area contributed by atoms with Crippen molar-refractivity contribution < 1.29 is 0 Å². The molecule has 0 spiro atoms. The van der Waals surface area contributed by atoms with Crippen LogP contribution in [0.15, 0.2) is 0 Å². The van der Waals surface area contributed by atoms with Crippen molar-refractivity contribution in [3.63, 3.8) is 0 Å². The molecular formula is C14H28S. The third kappa shape index (κ3) is 7.27. The van der Waals surface area contributed by atoms with Crippen LogP contribution >= 0.6 is 11.8 Å². The molecule has 0 aliphatic heterocycles. The highest BCUT2D eigenvalue weighted by molar-refractivity contribution is 8.00. The maximum atomic E-state index is 2.34. The molecule has 0 radical (unpaired) electrons. The average Bonchev–Trinajstić information content (AvgIpc) is 2.26. The molecule has 0 amide bonds. The summed E-state index contributed by atoms with van der Waals surface area (Å²) >= 11 is 2.16. The predicted octanol–water partition coefficient (Wildman–Crippen LogP) is 5.27. The Labute approximate surface area is 101 Å². The Balaban J connectivity index is 2.24. The topological polar surface area (TPSA) is 0 Å². The van der Waals surface area contributed by atoms with Crippen molar-refractivity contribution in [2.45, 2.75) is 76.9 Å². The van der Waals surface area contributed by atoms with E-state index in [2.05, 4.69) is 32.5 Å². The van der Waals surface area contributed by atoms with Gasteiger partial charge in [-0.1, -0.05) is 59.3 Å². The van der Waals surface area contributed by atoms with Crippen LogP contribution in [0, 0.1) is 5.92 Å². The molecule has 1 saturated carbocycles. The maximum absolute atomic E-state index is 2.34. The second-order valence-corrected chi connectivity index (χ2v) is 7.83. The molecule has 0 saturated heterocycles. The van der Waals surface area contributed by atoms with Crippen LogP contribution < -0.4 is 0 Å². The SMILES string of the molecule is CC(C)(C)SCC1CCCCCCCC1. The van der Waals surface area contributed by atoms with Crippen molar-refractivity contribution in [1.29, 1.82) is 0 Å². The Kier molecular flexibility index (Phi) is 6.11. The first-order chi connectivity index (χ1) is 7.08. The fourth-order valence-electron chi connectivity index (χ4n) is 2.25. The number of thioether (sulfide) groups is 1. The highest BCUT2D eigenvalue weighted by atomic mass is 32.2. The Morgan fingerprint density at radius 3 is 1.80 bits per heavy atom. The molecule has 1 heteroatoms. The van der Waals surface area contributed by atoms with Crippen LogP contribution in [0.4, 0.5) is 0 Å². The fraction of sp³-hybridized carbons (Fsp3) is 1.00. The summed E-state index contributed by atoms with van der Waals surface area (Å²) in [4.78, 5) is 0. The summed E-state index contributed by atoms with van der Waals surface area (Å²) in [5.41, 5.74) is 0. The lowest BCUT2D eigenvalue weighted by molar-refractivity contribution is 0.471. The van der Waals surface area contributed by atoms with Crippen LogP contribution in [0.1, 0.15) is 72.1 Å². The van der Waals surface area contributed by atoms with E-state index in [0.29, 0.717) is 4.75 Å². The van der Waals surface area contributed by atoms with Gasteiger partial charge in [0.05, 0.1) is 0 Å². The Bertz CT molecular complexity index is 147. The first-order valence-electron chi connectivity index (χ1n) is 6.72. The molecule has 0 nitrogen and oxygen atoms in total. The van der Waals surface area contributed by atoms with E-state index in [0.717, 1.165) is 5.92 Å². The van der Waals surface area contributed by atoms with Crippen molar-refractivity contribution in [3.05, 3.63) is 0 Å². The first kappa shape index (κ1) is 13.4. The van der Waals surface area contributed by atoms with Gasteiger partial charge in [0.1, 0.15) is 0 Å². The lowest BCUT2D eigenvalue weighted by Gasteiger charge is -2.22. The predicted molar refractivity (Wildman–Crippen MR) is 72.6 cm³/mol. The first-order valence-corrected chi connectivity index (χ1v) is 7.70. The van der Waals surface area contributed by atoms with Crippen LogP contribution in [0.2, 0.25) is 0 Å². The van der Waals surface area contributed by atoms with E-state index in [1.165, 1.54) is 57.1 Å². The minimum atomic E-state index is 0.457. The van der Waals surface area contributed by atoms with Gasteiger partial charge in [-0.2, -0.15) is 11.8 Å². The van der Waals surface area contributed by atoms with Crippen LogP contribution in [-0.4, -0.2) is 10.5 Å².